The molecule has 20 heavy (non-hydrogen) atoms. The zero-order valence-electron chi connectivity index (χ0n) is 12.9. The van der Waals surface area contributed by atoms with E-state index in [1.807, 2.05) is 0 Å². The fraction of sp³-hybridized carbons (Fsp3) is 0.750. The molecule has 0 aliphatic heterocycles. The lowest BCUT2D eigenvalue weighted by atomic mass is 10.4. The van der Waals surface area contributed by atoms with Crippen LogP contribution >= 0.6 is 0 Å². The van der Waals surface area contributed by atoms with Crippen LogP contribution in [-0.2, 0) is 13.6 Å². The van der Waals surface area contributed by atoms with Crippen molar-refractivity contribution in [1.82, 2.24) is 0 Å². The maximum Gasteiger partial charge on any atom is 0.332 e. The van der Waals surface area contributed by atoms with Gasteiger partial charge in [-0.3, -0.25) is 0 Å². The summed E-state index contributed by atoms with van der Waals surface area (Å²) in [5, 5.41) is 0. The van der Waals surface area contributed by atoms with Crippen LogP contribution in [0.15, 0.2) is 12.2 Å². The van der Waals surface area contributed by atoms with Gasteiger partial charge in [-0.1, -0.05) is 6.58 Å². The van der Waals surface area contributed by atoms with Gasteiger partial charge in [0, 0.05) is 5.57 Å². The highest BCUT2D eigenvalue weighted by atomic mass is 28.4. The highest BCUT2D eigenvalue weighted by Crippen LogP contribution is 2.35. The van der Waals surface area contributed by atoms with Crippen LogP contribution in [0, 0.1) is 0 Å². The third-order valence-electron chi connectivity index (χ3n) is 2.73. The summed E-state index contributed by atoms with van der Waals surface area (Å²) in [6, 6.07) is 0. The molecule has 0 aliphatic rings. The van der Waals surface area contributed by atoms with Crippen molar-refractivity contribution in [3.8, 4) is 0 Å². The van der Waals surface area contributed by atoms with Crippen LogP contribution in [0.5, 0.6) is 0 Å². The minimum absolute atomic E-state index is 0.0636. The predicted molar refractivity (Wildman–Crippen MR) is 77.3 cm³/mol. The molecule has 0 fully saturated rings. The van der Waals surface area contributed by atoms with E-state index in [1.54, 1.807) is 13.1 Å². The van der Waals surface area contributed by atoms with Crippen molar-refractivity contribution in [2.24, 2.45) is 0 Å². The molecule has 0 saturated carbocycles. The maximum atomic E-state index is 13.8. The normalized spacial score (nSPS) is 14.8. The summed E-state index contributed by atoms with van der Waals surface area (Å²) in [5.41, 5.74) is -3.26. The number of hydrogen-bond donors (Lipinski definition) is 0. The summed E-state index contributed by atoms with van der Waals surface area (Å²) in [6.07, 6.45) is -2.33. The Hall–Kier alpha value is -0.606. The van der Waals surface area contributed by atoms with Crippen molar-refractivity contribution in [3.63, 3.8) is 0 Å². The molecule has 1 atom stereocenters. The summed E-state index contributed by atoms with van der Waals surface area (Å²) in [6.45, 7) is 11.6. The third-order valence-corrected chi connectivity index (χ3v) is 9.83. The van der Waals surface area contributed by atoms with Gasteiger partial charge in [0.1, 0.15) is 6.23 Å². The van der Waals surface area contributed by atoms with Crippen LogP contribution in [0.1, 0.15) is 13.8 Å². The Morgan fingerprint density at radius 3 is 2.10 bits per heavy atom. The van der Waals surface area contributed by atoms with Crippen molar-refractivity contribution < 1.29 is 26.8 Å². The van der Waals surface area contributed by atoms with Crippen molar-refractivity contribution in [2.75, 3.05) is 6.23 Å². The molecule has 0 aromatic rings. The van der Waals surface area contributed by atoms with Gasteiger partial charge < -0.3 is 8.85 Å². The van der Waals surface area contributed by atoms with Crippen molar-refractivity contribution in [3.05, 3.63) is 12.2 Å². The second-order valence-corrected chi connectivity index (χ2v) is 14.3. The van der Waals surface area contributed by atoms with Gasteiger partial charge in [-0.25, -0.2) is 18.0 Å². The number of ether oxygens (including phenoxy) is 1. The number of esters is 1. The smallest absolute Gasteiger partial charge is 0.332 e. The quantitative estimate of drug-likeness (QED) is 0.407. The molecule has 0 radical (unpaired) electrons. The average Bonchev–Trinajstić information content (AvgIpc) is 2.23. The lowest BCUT2D eigenvalue weighted by Gasteiger charge is -2.38. The molecule has 0 amide bonds. The molecule has 3 nitrogen and oxygen atoms in total. The van der Waals surface area contributed by atoms with E-state index in [9.17, 15) is 18.0 Å². The molecule has 0 aromatic heterocycles. The Kier molecular flexibility index (Phi) is 6.25. The minimum Gasteiger partial charge on any atom is -0.463 e. The molecular weight excluding hydrogens is 305 g/mol. The van der Waals surface area contributed by atoms with Gasteiger partial charge in [-0.05, 0) is 40.0 Å². The Morgan fingerprint density at radius 2 is 1.75 bits per heavy atom. The maximum absolute atomic E-state index is 13.8. The standard InChI is InChI=1S/C12H23F3O3Si2/c1-9(2)11(16)17-8-19(4,5)18-20(6,7)12(14,15)10(3)13/h10H,1,8H2,2-7H3. The van der Waals surface area contributed by atoms with Crippen molar-refractivity contribution in [1.29, 1.82) is 0 Å². The lowest BCUT2D eigenvalue weighted by Crippen LogP contribution is -2.61. The minimum atomic E-state index is -3.59. The number of rotatable bonds is 7. The number of hydrogen-bond acceptors (Lipinski definition) is 3. The van der Waals surface area contributed by atoms with Gasteiger partial charge in [-0.2, -0.15) is 0 Å². The summed E-state index contributed by atoms with van der Waals surface area (Å²) < 4.78 is 51.3. The molecule has 118 valence electrons. The topological polar surface area (TPSA) is 35.5 Å². The van der Waals surface area contributed by atoms with Crippen LogP contribution in [0.3, 0.4) is 0 Å². The molecule has 0 aliphatic carbocycles. The van der Waals surface area contributed by atoms with E-state index in [-0.39, 0.29) is 11.8 Å². The van der Waals surface area contributed by atoms with E-state index < -0.39 is 34.3 Å². The summed E-state index contributed by atoms with van der Waals surface area (Å²) in [4.78, 5) is 11.3. The second-order valence-electron chi connectivity index (χ2n) is 5.97. The molecular formula is C12H23F3O3Si2. The number of halogens is 3. The number of alkyl halides is 3. The second kappa shape index (κ2) is 6.44. The van der Waals surface area contributed by atoms with E-state index >= 15 is 0 Å². The molecule has 0 heterocycles. The van der Waals surface area contributed by atoms with Crippen LogP contribution in [0.2, 0.25) is 26.2 Å². The highest BCUT2D eigenvalue weighted by Gasteiger charge is 2.57. The first-order valence-corrected chi connectivity index (χ1v) is 12.3. The van der Waals surface area contributed by atoms with Crippen LogP contribution in [0.4, 0.5) is 13.2 Å². The monoisotopic (exact) mass is 328 g/mol. The molecule has 0 bridgehead atoms. The van der Waals surface area contributed by atoms with E-state index in [2.05, 4.69) is 6.58 Å². The molecule has 1 unspecified atom stereocenters. The zero-order valence-corrected chi connectivity index (χ0v) is 14.9. The molecule has 0 rings (SSSR count). The van der Waals surface area contributed by atoms with E-state index in [0.29, 0.717) is 0 Å². The Bertz CT molecular complexity index is 382. The van der Waals surface area contributed by atoms with E-state index in [4.69, 9.17) is 8.85 Å². The van der Waals surface area contributed by atoms with Crippen LogP contribution < -0.4 is 0 Å². The van der Waals surface area contributed by atoms with Gasteiger partial charge in [0.2, 0.25) is 8.32 Å². The molecule has 0 saturated heterocycles. The lowest BCUT2D eigenvalue weighted by molar-refractivity contribution is -0.137. The first-order chi connectivity index (χ1) is 8.73. The van der Waals surface area contributed by atoms with Crippen LogP contribution in [-0.4, -0.2) is 40.6 Å². The Morgan fingerprint density at radius 1 is 1.30 bits per heavy atom. The zero-order chi connectivity index (χ0) is 16.4. The SMILES string of the molecule is C=C(C)C(=O)OC[Si](C)(C)O[Si](C)(C)C(F)(F)C(C)F. The Balaban J connectivity index is 4.82. The molecule has 0 N–H and O–H groups in total. The van der Waals surface area contributed by atoms with Crippen LogP contribution in [0.25, 0.3) is 0 Å². The van der Waals surface area contributed by atoms with Gasteiger partial charge in [0.05, 0.1) is 0 Å². The fourth-order valence-corrected chi connectivity index (χ4v) is 9.37. The first kappa shape index (κ1) is 19.4. The van der Waals surface area contributed by atoms with Crippen molar-refractivity contribution in [2.45, 2.75) is 51.8 Å². The van der Waals surface area contributed by atoms with Crippen molar-refractivity contribution >= 4 is 22.6 Å². The van der Waals surface area contributed by atoms with Gasteiger partial charge >= 0.3 is 5.97 Å². The highest BCUT2D eigenvalue weighted by molar-refractivity contribution is 6.86. The summed E-state index contributed by atoms with van der Waals surface area (Å²) in [5.74, 6) is -0.584. The molecule has 0 aromatic carbocycles. The first-order valence-electron chi connectivity index (χ1n) is 6.27. The third kappa shape index (κ3) is 5.06. The number of carbonyl (C=O) groups is 1. The van der Waals surface area contributed by atoms with Gasteiger partial charge in [0.15, 0.2) is 6.17 Å². The molecule has 0 spiro atoms. The average molecular weight is 328 g/mol. The summed E-state index contributed by atoms with van der Waals surface area (Å²) in [7, 11) is -6.26. The summed E-state index contributed by atoms with van der Waals surface area (Å²) >= 11 is 0. The van der Waals surface area contributed by atoms with Gasteiger partial charge in [-0.15, -0.1) is 0 Å². The van der Waals surface area contributed by atoms with E-state index in [1.165, 1.54) is 20.0 Å². The predicted octanol–water partition coefficient (Wildman–Crippen LogP) is 3.60. The number of carbonyl (C=O) groups excluding carboxylic acids is 1. The molecule has 8 heteroatoms. The van der Waals surface area contributed by atoms with Gasteiger partial charge in [0.25, 0.3) is 13.9 Å². The fourth-order valence-electron chi connectivity index (χ4n) is 1.63. The van der Waals surface area contributed by atoms with E-state index in [0.717, 1.165) is 6.92 Å². The Labute approximate surface area is 120 Å². The largest absolute Gasteiger partial charge is 0.463 e.